The molecule has 0 bridgehead atoms. The second-order valence-corrected chi connectivity index (χ2v) is 15.2. The van der Waals surface area contributed by atoms with Crippen molar-refractivity contribution in [2.45, 2.75) is 26.6 Å². The van der Waals surface area contributed by atoms with Crippen LogP contribution < -0.4 is 5.19 Å². The van der Waals surface area contributed by atoms with Crippen LogP contribution in [0, 0.1) is 13.0 Å². The molecule has 0 aliphatic rings. The molecule has 38 heavy (non-hydrogen) atoms. The maximum atomic E-state index is 9.81. The maximum Gasteiger partial charge on any atom is 0.143 e. The summed E-state index contributed by atoms with van der Waals surface area (Å²) in [5.41, 5.74) is 5.37. The van der Waals surface area contributed by atoms with E-state index in [-0.39, 0.29) is 25.9 Å². The number of aromatic nitrogens is 4. The molecule has 0 saturated carbocycles. The molecule has 5 nitrogen and oxygen atoms in total. The van der Waals surface area contributed by atoms with Gasteiger partial charge in [0.15, 0.2) is 0 Å². The molecular formula is C31H29IrN4OSi-. The fourth-order valence-electron chi connectivity index (χ4n) is 4.13. The topological polar surface area (TPSA) is 63.8 Å². The quantitative estimate of drug-likeness (QED) is 0.166. The van der Waals surface area contributed by atoms with Crippen molar-refractivity contribution in [3.8, 4) is 22.7 Å². The second kappa shape index (κ2) is 11.4. The summed E-state index contributed by atoms with van der Waals surface area (Å²) in [5.74, 6) is 0.177. The normalized spacial score (nSPS) is 11.1. The van der Waals surface area contributed by atoms with Crippen LogP contribution in [0.15, 0.2) is 97.2 Å². The number of nitrogens with zero attached hydrogens (tertiary/aromatic N) is 4. The van der Waals surface area contributed by atoms with Gasteiger partial charge in [0.1, 0.15) is 22.5 Å². The smallest absolute Gasteiger partial charge is 0.143 e. The number of aromatic hydroxyl groups is 1. The molecule has 0 saturated heterocycles. The summed E-state index contributed by atoms with van der Waals surface area (Å²) < 4.78 is 0. The van der Waals surface area contributed by atoms with Crippen LogP contribution in [0.4, 0.5) is 0 Å². The molecule has 0 aliphatic carbocycles. The number of fused-ring (bicyclic) bond motifs is 2. The van der Waals surface area contributed by atoms with Crippen LogP contribution in [0.1, 0.15) is 5.56 Å². The van der Waals surface area contributed by atoms with Crippen LogP contribution >= 0.6 is 0 Å². The van der Waals surface area contributed by atoms with Gasteiger partial charge in [0, 0.05) is 34.4 Å². The fraction of sp³-hybridized carbons (Fsp3) is 0.129. The molecule has 193 valence electrons. The summed E-state index contributed by atoms with van der Waals surface area (Å²) in [6.45, 7) is 9.02. The van der Waals surface area contributed by atoms with Gasteiger partial charge in [-0.3, -0.25) is 0 Å². The Morgan fingerprint density at radius 2 is 1.50 bits per heavy atom. The second-order valence-electron chi connectivity index (χ2n) is 10.1. The van der Waals surface area contributed by atoms with E-state index in [4.69, 9.17) is 0 Å². The zero-order chi connectivity index (χ0) is 26.0. The number of phenols is 1. The zero-order valence-electron chi connectivity index (χ0n) is 21.8. The Balaban J connectivity index is 0.000000174. The van der Waals surface area contributed by atoms with Crippen LogP contribution in [0.25, 0.3) is 38.8 Å². The van der Waals surface area contributed by atoms with Crippen molar-refractivity contribution in [3.63, 3.8) is 0 Å². The first kappa shape index (κ1) is 27.4. The first-order valence-corrected chi connectivity index (χ1v) is 15.8. The number of phenolic OH excluding ortho intramolecular Hbond substituents is 1. The van der Waals surface area contributed by atoms with Crippen LogP contribution in [0.2, 0.25) is 19.6 Å². The Morgan fingerprint density at radius 3 is 2.16 bits per heavy atom. The Bertz CT molecular complexity index is 1650. The van der Waals surface area contributed by atoms with Gasteiger partial charge in [-0.15, -0.1) is 50.0 Å². The summed E-state index contributed by atoms with van der Waals surface area (Å²) in [5, 5.41) is 22.3. The SMILES string of the molecule is C[Si](C)(C)c1c[c-]c(-c2nccc3ccccc23)cc1.Cc1ccc(O)c(-n2nc3ccccc3n2)c1.[Ir]. The van der Waals surface area contributed by atoms with Gasteiger partial charge < -0.3 is 10.1 Å². The first-order valence-electron chi connectivity index (χ1n) is 12.3. The van der Waals surface area contributed by atoms with Crippen molar-refractivity contribution in [2.24, 2.45) is 0 Å². The van der Waals surface area contributed by atoms with Crippen LogP contribution in [0.5, 0.6) is 5.75 Å². The molecule has 2 aromatic heterocycles. The molecule has 7 heteroatoms. The van der Waals surface area contributed by atoms with Gasteiger partial charge in [0.25, 0.3) is 0 Å². The van der Waals surface area contributed by atoms with E-state index < -0.39 is 8.07 Å². The molecule has 0 spiro atoms. The number of hydrogen-bond donors (Lipinski definition) is 1. The van der Waals surface area contributed by atoms with Gasteiger partial charge in [-0.05, 0) is 59.3 Å². The molecule has 0 atom stereocenters. The summed E-state index contributed by atoms with van der Waals surface area (Å²) in [6.07, 6.45) is 1.87. The summed E-state index contributed by atoms with van der Waals surface area (Å²) >= 11 is 0. The maximum absolute atomic E-state index is 9.81. The van der Waals surface area contributed by atoms with Gasteiger partial charge >= 0.3 is 0 Å². The van der Waals surface area contributed by atoms with Crippen molar-refractivity contribution in [2.75, 3.05) is 0 Å². The molecule has 0 aliphatic heterocycles. The van der Waals surface area contributed by atoms with Gasteiger partial charge in [-0.25, -0.2) is 0 Å². The van der Waals surface area contributed by atoms with Gasteiger partial charge in [0.05, 0.1) is 0 Å². The fourth-order valence-corrected chi connectivity index (χ4v) is 5.22. The van der Waals surface area contributed by atoms with Crippen molar-refractivity contribution in [1.82, 2.24) is 20.0 Å². The van der Waals surface area contributed by atoms with E-state index in [1.807, 2.05) is 49.5 Å². The van der Waals surface area contributed by atoms with Crippen LogP contribution in [-0.2, 0) is 20.1 Å². The molecular weight excluding hydrogens is 665 g/mol. The molecule has 4 aromatic carbocycles. The molecule has 6 rings (SSSR count). The average molecular weight is 694 g/mol. The number of benzene rings is 4. The Labute approximate surface area is 237 Å². The standard InChI is InChI=1S/C18H18NSi.C13H11N3O.Ir/c1-20(2,3)16-10-8-15(9-11-16)18-17-7-5-4-6-14(17)12-13-19-18;1-9-6-7-13(17)12(8-9)16-14-10-4-2-3-5-11(10)15-16;/h4-8,10-13H,1-3H3;2-8,17H,1H3;/q-1;;. The van der Waals surface area contributed by atoms with E-state index in [0.29, 0.717) is 5.69 Å². The Kier molecular flexibility index (Phi) is 8.22. The first-order chi connectivity index (χ1) is 17.8. The van der Waals surface area contributed by atoms with E-state index in [1.165, 1.54) is 20.8 Å². The summed E-state index contributed by atoms with van der Waals surface area (Å²) in [6, 6.07) is 33.3. The van der Waals surface area contributed by atoms with Crippen molar-refractivity contribution >= 4 is 35.1 Å². The minimum atomic E-state index is -1.26. The van der Waals surface area contributed by atoms with Crippen molar-refractivity contribution in [1.29, 1.82) is 0 Å². The van der Waals surface area contributed by atoms with E-state index in [1.54, 1.807) is 6.07 Å². The van der Waals surface area contributed by atoms with Gasteiger partial charge in [0.2, 0.25) is 0 Å². The number of hydrogen-bond acceptors (Lipinski definition) is 4. The third-order valence-corrected chi connectivity index (χ3v) is 8.28. The predicted molar refractivity (Wildman–Crippen MR) is 154 cm³/mol. The van der Waals surface area contributed by atoms with E-state index in [0.717, 1.165) is 27.9 Å². The average Bonchev–Trinajstić information content (AvgIpc) is 3.34. The zero-order valence-corrected chi connectivity index (χ0v) is 25.2. The van der Waals surface area contributed by atoms with Crippen molar-refractivity contribution in [3.05, 3.63) is 109 Å². The Morgan fingerprint density at radius 1 is 0.816 bits per heavy atom. The third kappa shape index (κ3) is 5.91. The molecule has 1 N–H and O–H groups in total. The molecule has 1 radical (unpaired) electrons. The van der Waals surface area contributed by atoms with Crippen molar-refractivity contribution < 1.29 is 25.2 Å². The number of pyridine rings is 1. The third-order valence-electron chi connectivity index (χ3n) is 6.24. The largest absolute Gasteiger partial charge is 0.506 e. The molecule has 6 aromatic rings. The monoisotopic (exact) mass is 694 g/mol. The number of rotatable bonds is 3. The van der Waals surface area contributed by atoms with Crippen LogP contribution in [-0.4, -0.2) is 33.2 Å². The van der Waals surface area contributed by atoms with E-state index in [9.17, 15) is 5.11 Å². The van der Waals surface area contributed by atoms with E-state index >= 15 is 0 Å². The minimum Gasteiger partial charge on any atom is -0.506 e. The Hall–Kier alpha value is -3.64. The molecule has 0 fully saturated rings. The molecule has 0 amide bonds. The van der Waals surface area contributed by atoms with Gasteiger partial charge in [-0.2, -0.15) is 0 Å². The summed E-state index contributed by atoms with van der Waals surface area (Å²) in [4.78, 5) is 6.01. The number of aryl methyl sites for hydroxylation is 1. The van der Waals surface area contributed by atoms with Gasteiger partial charge in [-0.1, -0.05) is 62.1 Å². The molecule has 0 unspecified atom stereocenters. The van der Waals surface area contributed by atoms with Crippen LogP contribution in [0.3, 0.4) is 0 Å². The minimum absolute atomic E-state index is 0. The van der Waals surface area contributed by atoms with E-state index in [2.05, 4.69) is 89.4 Å². The molecule has 2 heterocycles. The predicted octanol–water partition coefficient (Wildman–Crippen LogP) is 6.68. The summed E-state index contributed by atoms with van der Waals surface area (Å²) in [7, 11) is -1.26.